The van der Waals surface area contributed by atoms with Gasteiger partial charge in [-0.3, -0.25) is 0 Å². The van der Waals surface area contributed by atoms with Gasteiger partial charge in [0.15, 0.2) is 0 Å². The van der Waals surface area contributed by atoms with Crippen LogP contribution >= 0.6 is 31.9 Å². The summed E-state index contributed by atoms with van der Waals surface area (Å²) in [6.45, 7) is 0. The molecule has 0 aliphatic heterocycles. The van der Waals surface area contributed by atoms with Crippen molar-refractivity contribution >= 4 is 31.9 Å². The lowest BCUT2D eigenvalue weighted by Gasteiger charge is -1.88. The fourth-order valence-corrected chi connectivity index (χ4v) is 0.947. The zero-order valence-corrected chi connectivity index (χ0v) is 9.47. The Balaban J connectivity index is 3.11. The number of hydrogen-bond donors (Lipinski definition) is 0. The predicted molar refractivity (Wildman–Crippen MR) is 56.2 cm³/mol. The van der Waals surface area contributed by atoms with Crippen LogP contribution in [0.4, 0.5) is 0 Å². The van der Waals surface area contributed by atoms with Crippen molar-refractivity contribution in [2.45, 2.75) is 12.8 Å². The topological polar surface area (TPSA) is 9.23 Å². The van der Waals surface area contributed by atoms with Crippen LogP contribution in [0, 0.1) is 0 Å². The van der Waals surface area contributed by atoms with E-state index in [1.807, 2.05) is 12.2 Å². The van der Waals surface area contributed by atoms with Gasteiger partial charge in [-0.25, -0.2) is 0 Å². The van der Waals surface area contributed by atoms with E-state index in [1.165, 1.54) is 0 Å². The Morgan fingerprint density at radius 3 is 1.73 bits per heavy atom. The van der Waals surface area contributed by atoms with E-state index in [9.17, 15) is 0 Å². The van der Waals surface area contributed by atoms with Gasteiger partial charge in [-0.05, 0) is 25.0 Å². The van der Waals surface area contributed by atoms with Crippen LogP contribution in [0.3, 0.4) is 0 Å². The third-order valence-electron chi connectivity index (χ3n) is 0.901. The molecule has 0 amide bonds. The first-order chi connectivity index (χ1) is 5.41. The molecular weight excluding hydrogens is 272 g/mol. The van der Waals surface area contributed by atoms with Gasteiger partial charge in [0.1, 0.15) is 0 Å². The number of halogens is 2. The molecule has 0 heterocycles. The number of ether oxygens (including phenoxy) is 1. The maximum Gasteiger partial charge on any atom is 0.0861 e. The molecule has 0 aromatic heterocycles. The van der Waals surface area contributed by atoms with Gasteiger partial charge in [-0.15, -0.1) is 0 Å². The molecule has 0 N–H and O–H groups in total. The molecule has 0 rings (SSSR count). The van der Waals surface area contributed by atoms with Gasteiger partial charge >= 0.3 is 0 Å². The van der Waals surface area contributed by atoms with Crippen molar-refractivity contribution in [3.63, 3.8) is 0 Å². The van der Waals surface area contributed by atoms with Gasteiger partial charge < -0.3 is 4.74 Å². The fourth-order valence-electron chi connectivity index (χ4n) is 0.419. The first kappa shape index (κ1) is 11.2. The number of rotatable bonds is 6. The molecule has 0 radical (unpaired) electrons. The first-order valence-electron chi connectivity index (χ1n) is 3.49. The van der Waals surface area contributed by atoms with Gasteiger partial charge in [-0.2, -0.15) is 0 Å². The highest BCUT2D eigenvalue weighted by Crippen LogP contribution is 1.92. The Kier molecular flexibility index (Phi) is 10.5. The van der Waals surface area contributed by atoms with Crippen molar-refractivity contribution in [3.8, 4) is 0 Å². The van der Waals surface area contributed by atoms with Crippen molar-refractivity contribution in [1.29, 1.82) is 0 Å². The van der Waals surface area contributed by atoms with Crippen LogP contribution < -0.4 is 0 Å². The molecular formula is C8H12Br2O. The van der Waals surface area contributed by atoms with Gasteiger partial charge in [0.2, 0.25) is 0 Å². The van der Waals surface area contributed by atoms with Crippen LogP contribution in [0.25, 0.3) is 0 Å². The lowest BCUT2D eigenvalue weighted by atomic mass is 10.5. The highest BCUT2D eigenvalue weighted by atomic mass is 79.9. The monoisotopic (exact) mass is 282 g/mol. The Morgan fingerprint density at radius 2 is 1.36 bits per heavy atom. The number of hydrogen-bond acceptors (Lipinski definition) is 1. The van der Waals surface area contributed by atoms with Gasteiger partial charge in [0.25, 0.3) is 0 Å². The lowest BCUT2D eigenvalue weighted by molar-refractivity contribution is 0.399. The van der Waals surface area contributed by atoms with E-state index in [-0.39, 0.29) is 0 Å². The van der Waals surface area contributed by atoms with Crippen LogP contribution in [0.2, 0.25) is 0 Å². The standard InChI is InChI=1S/C8H12Br2O/c9-5-1-3-7-11-8-4-2-6-10/h3-4,7-8H,1-2,5-6H2. The van der Waals surface area contributed by atoms with E-state index in [4.69, 9.17) is 4.74 Å². The van der Waals surface area contributed by atoms with Crippen molar-refractivity contribution < 1.29 is 4.74 Å². The lowest BCUT2D eigenvalue weighted by Crippen LogP contribution is -1.70. The zero-order chi connectivity index (χ0) is 8.36. The minimum atomic E-state index is 0.984. The third kappa shape index (κ3) is 10.2. The van der Waals surface area contributed by atoms with Crippen molar-refractivity contribution in [3.05, 3.63) is 24.7 Å². The highest BCUT2D eigenvalue weighted by Gasteiger charge is 1.74. The quantitative estimate of drug-likeness (QED) is 0.535. The first-order valence-corrected chi connectivity index (χ1v) is 5.73. The summed E-state index contributed by atoms with van der Waals surface area (Å²) in [4.78, 5) is 0. The average Bonchev–Trinajstić information content (AvgIpc) is 2.03. The second-order valence-electron chi connectivity index (χ2n) is 1.83. The Hall–Kier alpha value is 0.240. The van der Waals surface area contributed by atoms with E-state index >= 15 is 0 Å². The molecule has 11 heavy (non-hydrogen) atoms. The molecule has 0 bridgehead atoms. The fraction of sp³-hybridized carbons (Fsp3) is 0.500. The van der Waals surface area contributed by atoms with Crippen molar-refractivity contribution in [2.24, 2.45) is 0 Å². The van der Waals surface area contributed by atoms with Gasteiger partial charge in [0, 0.05) is 10.7 Å². The zero-order valence-electron chi connectivity index (χ0n) is 6.30. The third-order valence-corrected chi connectivity index (χ3v) is 1.82. The largest absolute Gasteiger partial charge is 0.473 e. The molecule has 0 aliphatic carbocycles. The summed E-state index contributed by atoms with van der Waals surface area (Å²) in [6, 6.07) is 0. The molecule has 0 spiro atoms. The number of allylic oxidation sites excluding steroid dienone is 2. The molecule has 0 aromatic rings. The second-order valence-corrected chi connectivity index (χ2v) is 3.42. The molecule has 0 saturated heterocycles. The molecule has 0 aromatic carbocycles. The summed E-state index contributed by atoms with van der Waals surface area (Å²) in [6.07, 6.45) is 9.37. The summed E-state index contributed by atoms with van der Waals surface area (Å²) in [5, 5.41) is 1.97. The minimum absolute atomic E-state index is 0.984. The normalized spacial score (nSPS) is 11.5. The van der Waals surface area contributed by atoms with Crippen LogP contribution in [-0.4, -0.2) is 10.7 Å². The van der Waals surface area contributed by atoms with Crippen LogP contribution in [0.1, 0.15) is 12.8 Å². The SMILES string of the molecule is BrCCC=COC=CCCBr. The maximum atomic E-state index is 5.04. The van der Waals surface area contributed by atoms with Gasteiger partial charge in [0.05, 0.1) is 12.5 Å². The minimum Gasteiger partial charge on any atom is -0.473 e. The van der Waals surface area contributed by atoms with E-state index in [0.717, 1.165) is 23.5 Å². The van der Waals surface area contributed by atoms with E-state index in [0.29, 0.717) is 0 Å². The molecule has 0 saturated carbocycles. The molecule has 3 heteroatoms. The molecule has 0 aliphatic rings. The summed E-state index contributed by atoms with van der Waals surface area (Å²) >= 11 is 6.62. The van der Waals surface area contributed by atoms with Crippen molar-refractivity contribution in [2.75, 3.05) is 10.7 Å². The van der Waals surface area contributed by atoms with Crippen LogP contribution in [-0.2, 0) is 4.74 Å². The Morgan fingerprint density at radius 1 is 0.909 bits per heavy atom. The highest BCUT2D eigenvalue weighted by molar-refractivity contribution is 9.09. The molecule has 1 nitrogen and oxygen atoms in total. The van der Waals surface area contributed by atoms with Crippen LogP contribution in [0.5, 0.6) is 0 Å². The molecule has 0 atom stereocenters. The van der Waals surface area contributed by atoms with Crippen molar-refractivity contribution in [1.82, 2.24) is 0 Å². The van der Waals surface area contributed by atoms with E-state index in [1.54, 1.807) is 12.5 Å². The summed E-state index contributed by atoms with van der Waals surface area (Å²) < 4.78 is 5.04. The van der Waals surface area contributed by atoms with E-state index in [2.05, 4.69) is 31.9 Å². The summed E-state index contributed by atoms with van der Waals surface area (Å²) in [5.74, 6) is 0. The molecule has 0 unspecified atom stereocenters. The Labute approximate surface area is 84.8 Å². The van der Waals surface area contributed by atoms with Gasteiger partial charge in [-0.1, -0.05) is 31.9 Å². The Bertz CT molecular complexity index is 107. The second kappa shape index (κ2) is 10.2. The molecule has 64 valence electrons. The predicted octanol–water partition coefficient (Wildman–Crippen LogP) is 3.60. The number of alkyl halides is 2. The summed E-state index contributed by atoms with van der Waals surface area (Å²) in [5.41, 5.74) is 0. The smallest absolute Gasteiger partial charge is 0.0861 e. The maximum absolute atomic E-state index is 5.04. The summed E-state index contributed by atoms with van der Waals surface area (Å²) in [7, 11) is 0. The molecule has 0 fully saturated rings. The van der Waals surface area contributed by atoms with E-state index < -0.39 is 0 Å². The van der Waals surface area contributed by atoms with Crippen LogP contribution in [0.15, 0.2) is 24.7 Å². The average molecular weight is 284 g/mol.